The molecule has 0 radical (unpaired) electrons. The second-order valence-electron chi connectivity index (χ2n) is 8.21. The Morgan fingerprint density at radius 3 is 2.56 bits per heavy atom. The van der Waals surface area contributed by atoms with E-state index < -0.39 is 0 Å². The van der Waals surface area contributed by atoms with E-state index in [0.717, 1.165) is 34.2 Å². The molecule has 4 rings (SSSR count). The van der Waals surface area contributed by atoms with Gasteiger partial charge in [-0.25, -0.2) is 0 Å². The van der Waals surface area contributed by atoms with Gasteiger partial charge in [-0.05, 0) is 61.0 Å². The molecule has 0 atom stereocenters. The number of ether oxygens (including phenoxy) is 3. The molecule has 36 heavy (non-hydrogen) atoms. The van der Waals surface area contributed by atoms with Gasteiger partial charge in [-0.15, -0.1) is 0 Å². The molecule has 0 saturated carbocycles. The summed E-state index contributed by atoms with van der Waals surface area (Å²) < 4.78 is 17.4. The monoisotopic (exact) mass is 523 g/mol. The quantitative estimate of drug-likeness (QED) is 0.292. The molecular formula is C28H26ClNO5S. The van der Waals surface area contributed by atoms with E-state index in [0.29, 0.717) is 27.0 Å². The summed E-state index contributed by atoms with van der Waals surface area (Å²) in [5.41, 5.74) is 3.52. The maximum absolute atomic E-state index is 13.0. The molecule has 1 aliphatic rings. The minimum absolute atomic E-state index is 0.156. The van der Waals surface area contributed by atoms with Crippen LogP contribution in [-0.4, -0.2) is 36.3 Å². The lowest BCUT2D eigenvalue weighted by Gasteiger charge is -2.15. The lowest BCUT2D eigenvalue weighted by Crippen LogP contribution is -2.32. The number of benzene rings is 3. The number of para-hydroxylation sites is 1. The molecule has 0 unspecified atom stereocenters. The van der Waals surface area contributed by atoms with Crippen molar-refractivity contribution >= 4 is 40.6 Å². The van der Waals surface area contributed by atoms with Crippen LogP contribution < -0.4 is 14.2 Å². The third-order valence-corrected chi connectivity index (χ3v) is 6.91. The molecule has 1 aliphatic heterocycles. The Labute approximate surface area is 219 Å². The Kier molecular flexibility index (Phi) is 8.23. The number of rotatable bonds is 9. The second-order valence-corrected chi connectivity index (χ2v) is 9.61. The minimum atomic E-state index is -0.366. The van der Waals surface area contributed by atoms with E-state index in [1.807, 2.05) is 56.3 Å². The van der Waals surface area contributed by atoms with Crippen LogP contribution >= 0.6 is 23.4 Å². The normalized spacial score (nSPS) is 14.4. The molecule has 3 aromatic carbocycles. The van der Waals surface area contributed by atoms with Crippen LogP contribution in [0.5, 0.6) is 17.2 Å². The molecule has 0 spiro atoms. The summed E-state index contributed by atoms with van der Waals surface area (Å²) >= 11 is 7.16. The average Bonchev–Trinajstić information content (AvgIpc) is 3.13. The Morgan fingerprint density at radius 1 is 0.972 bits per heavy atom. The summed E-state index contributed by atoms with van der Waals surface area (Å²) in [6.45, 7) is 4.53. The number of imide groups is 1. The number of amides is 2. The van der Waals surface area contributed by atoms with Crippen LogP contribution in [0.2, 0.25) is 5.02 Å². The number of aryl methyl sites for hydroxylation is 2. The topological polar surface area (TPSA) is 65.1 Å². The molecule has 6 nitrogen and oxygen atoms in total. The molecule has 8 heteroatoms. The zero-order chi connectivity index (χ0) is 25.7. The van der Waals surface area contributed by atoms with Crippen LogP contribution in [0.25, 0.3) is 6.08 Å². The number of halogens is 1. The molecule has 0 bridgehead atoms. The summed E-state index contributed by atoms with van der Waals surface area (Å²) in [6, 6.07) is 18.7. The predicted octanol–water partition coefficient (Wildman–Crippen LogP) is 6.66. The molecule has 1 fully saturated rings. The third-order valence-electron chi connectivity index (χ3n) is 5.64. The highest BCUT2D eigenvalue weighted by molar-refractivity contribution is 8.18. The van der Waals surface area contributed by atoms with E-state index in [9.17, 15) is 9.59 Å². The summed E-state index contributed by atoms with van der Waals surface area (Å²) in [5, 5.41) is 0.260. The van der Waals surface area contributed by atoms with E-state index >= 15 is 0 Å². The standard InChI is InChI=1S/C28H26ClNO5S/c1-18-11-12-19(2)24(15-18)34-14-13-30-27(31)25(36-28(30)32)16-20-8-6-10-23(33-3)26(20)35-17-21-7-4-5-9-22(21)29/h4-12,15-16H,13-14,17H2,1-3H3/b25-16-. The molecular weight excluding hydrogens is 498 g/mol. The van der Waals surface area contributed by atoms with Gasteiger partial charge in [-0.2, -0.15) is 0 Å². The smallest absolute Gasteiger partial charge is 0.293 e. The SMILES string of the molecule is COc1cccc(/C=C2\SC(=O)N(CCOc3cc(C)ccc3C)C2=O)c1OCc1ccccc1Cl. The Hall–Kier alpha value is -3.42. The Morgan fingerprint density at radius 2 is 1.78 bits per heavy atom. The molecule has 0 aromatic heterocycles. The fraction of sp³-hybridized carbons (Fsp3) is 0.214. The Bertz CT molecular complexity index is 1320. The highest BCUT2D eigenvalue weighted by Crippen LogP contribution is 2.38. The van der Waals surface area contributed by atoms with Gasteiger partial charge in [0.1, 0.15) is 19.0 Å². The lowest BCUT2D eigenvalue weighted by molar-refractivity contribution is -0.123. The van der Waals surface area contributed by atoms with Gasteiger partial charge in [0.15, 0.2) is 11.5 Å². The van der Waals surface area contributed by atoms with Crippen LogP contribution in [0.4, 0.5) is 4.79 Å². The first-order valence-electron chi connectivity index (χ1n) is 11.4. The zero-order valence-corrected chi connectivity index (χ0v) is 21.8. The molecule has 3 aromatic rings. The summed E-state index contributed by atoms with van der Waals surface area (Å²) in [6.07, 6.45) is 1.65. The predicted molar refractivity (Wildman–Crippen MR) is 143 cm³/mol. The maximum atomic E-state index is 13.0. The van der Waals surface area contributed by atoms with Crippen molar-refractivity contribution in [2.24, 2.45) is 0 Å². The minimum Gasteiger partial charge on any atom is -0.493 e. The molecule has 1 saturated heterocycles. The van der Waals surface area contributed by atoms with Gasteiger partial charge in [0, 0.05) is 16.1 Å². The first kappa shape index (κ1) is 25.7. The van der Waals surface area contributed by atoms with Gasteiger partial charge in [0.05, 0.1) is 18.6 Å². The van der Waals surface area contributed by atoms with Crippen LogP contribution in [0.1, 0.15) is 22.3 Å². The zero-order valence-electron chi connectivity index (χ0n) is 20.2. The van der Waals surface area contributed by atoms with Crippen molar-refractivity contribution in [2.45, 2.75) is 20.5 Å². The van der Waals surface area contributed by atoms with Crippen LogP contribution in [0.15, 0.2) is 65.6 Å². The fourth-order valence-corrected chi connectivity index (χ4v) is 4.72. The maximum Gasteiger partial charge on any atom is 0.293 e. The fourth-order valence-electron chi connectivity index (χ4n) is 3.67. The summed E-state index contributed by atoms with van der Waals surface area (Å²) in [4.78, 5) is 27.2. The molecule has 0 aliphatic carbocycles. The van der Waals surface area contributed by atoms with Crippen molar-refractivity contribution in [1.82, 2.24) is 4.90 Å². The first-order chi connectivity index (χ1) is 17.4. The Balaban J connectivity index is 1.49. The molecule has 1 heterocycles. The van der Waals surface area contributed by atoms with Gasteiger partial charge in [-0.1, -0.05) is 54.1 Å². The van der Waals surface area contributed by atoms with Crippen molar-refractivity contribution in [3.05, 3.63) is 92.8 Å². The van der Waals surface area contributed by atoms with Crippen LogP contribution in [0.3, 0.4) is 0 Å². The molecule has 0 N–H and O–H groups in total. The summed E-state index contributed by atoms with van der Waals surface area (Å²) in [5.74, 6) is 1.35. The molecule has 2 amide bonds. The highest BCUT2D eigenvalue weighted by atomic mass is 35.5. The van der Waals surface area contributed by atoms with E-state index in [2.05, 4.69) is 0 Å². The number of hydrogen-bond acceptors (Lipinski definition) is 6. The number of methoxy groups -OCH3 is 1. The average molecular weight is 524 g/mol. The molecule has 186 valence electrons. The lowest BCUT2D eigenvalue weighted by atomic mass is 10.1. The number of hydrogen-bond donors (Lipinski definition) is 0. The number of carbonyl (C=O) groups is 2. The van der Waals surface area contributed by atoms with E-state index in [1.165, 1.54) is 4.90 Å². The van der Waals surface area contributed by atoms with Crippen molar-refractivity contribution in [1.29, 1.82) is 0 Å². The van der Waals surface area contributed by atoms with E-state index in [1.54, 1.807) is 31.4 Å². The van der Waals surface area contributed by atoms with Crippen molar-refractivity contribution in [3.8, 4) is 17.2 Å². The van der Waals surface area contributed by atoms with Gasteiger partial charge < -0.3 is 14.2 Å². The van der Waals surface area contributed by atoms with Crippen LogP contribution in [-0.2, 0) is 11.4 Å². The van der Waals surface area contributed by atoms with Crippen molar-refractivity contribution < 1.29 is 23.8 Å². The van der Waals surface area contributed by atoms with Crippen LogP contribution in [0, 0.1) is 13.8 Å². The number of carbonyl (C=O) groups excluding carboxylic acids is 2. The van der Waals surface area contributed by atoms with Gasteiger partial charge in [-0.3, -0.25) is 14.5 Å². The van der Waals surface area contributed by atoms with Gasteiger partial charge in [0.25, 0.3) is 11.1 Å². The van der Waals surface area contributed by atoms with Crippen molar-refractivity contribution in [2.75, 3.05) is 20.3 Å². The van der Waals surface area contributed by atoms with Gasteiger partial charge >= 0.3 is 0 Å². The third kappa shape index (κ3) is 5.86. The largest absolute Gasteiger partial charge is 0.493 e. The number of nitrogens with zero attached hydrogens (tertiary/aromatic N) is 1. The van der Waals surface area contributed by atoms with Gasteiger partial charge in [0.2, 0.25) is 0 Å². The number of thioether (sulfide) groups is 1. The second kappa shape index (κ2) is 11.5. The van der Waals surface area contributed by atoms with E-state index in [4.69, 9.17) is 25.8 Å². The highest BCUT2D eigenvalue weighted by Gasteiger charge is 2.35. The van der Waals surface area contributed by atoms with Crippen molar-refractivity contribution in [3.63, 3.8) is 0 Å². The summed E-state index contributed by atoms with van der Waals surface area (Å²) in [7, 11) is 1.55. The first-order valence-corrected chi connectivity index (χ1v) is 12.6. The van der Waals surface area contributed by atoms with E-state index in [-0.39, 0.29) is 30.9 Å².